The predicted octanol–water partition coefficient (Wildman–Crippen LogP) is 3.79. The average molecular weight is 415 g/mol. The first-order valence-electron chi connectivity index (χ1n) is 9.74. The summed E-state index contributed by atoms with van der Waals surface area (Å²) in [5, 5.41) is 2.69. The van der Waals surface area contributed by atoms with Crippen molar-refractivity contribution in [3.8, 4) is 23.0 Å². The van der Waals surface area contributed by atoms with Crippen LogP contribution in [0.4, 0.5) is 5.69 Å². The van der Waals surface area contributed by atoms with E-state index < -0.39 is 18.0 Å². The number of fused-ring (bicyclic) bond motifs is 1. The topological polar surface area (TPSA) is 92.3 Å². The van der Waals surface area contributed by atoms with Gasteiger partial charge in [-0.2, -0.15) is 0 Å². The summed E-state index contributed by atoms with van der Waals surface area (Å²) < 4.78 is 26.8. The third-order valence-electron chi connectivity index (χ3n) is 4.45. The summed E-state index contributed by atoms with van der Waals surface area (Å²) in [6, 6.07) is 9.80. The van der Waals surface area contributed by atoms with Crippen LogP contribution >= 0.6 is 0 Å². The molecule has 2 aromatic carbocycles. The molecule has 3 rings (SSSR count). The Kier molecular flexibility index (Phi) is 7.00. The lowest BCUT2D eigenvalue weighted by atomic mass is 10.2. The molecule has 0 saturated heterocycles. The maximum Gasteiger partial charge on any atom is 0.339 e. The number of benzene rings is 2. The number of ether oxygens (including phenoxy) is 5. The first-order valence-corrected chi connectivity index (χ1v) is 9.74. The van der Waals surface area contributed by atoms with Crippen molar-refractivity contribution in [2.75, 3.05) is 25.8 Å². The molecular formula is C22H25NO7. The lowest BCUT2D eigenvalue weighted by molar-refractivity contribution is -0.123. The highest BCUT2D eigenvalue weighted by Crippen LogP contribution is 2.34. The number of hydrogen-bond acceptors (Lipinski definition) is 7. The van der Waals surface area contributed by atoms with Crippen molar-refractivity contribution in [1.29, 1.82) is 0 Å². The maximum absolute atomic E-state index is 12.5. The molecule has 160 valence electrons. The first kappa shape index (κ1) is 21.3. The maximum atomic E-state index is 12.5. The standard InChI is InChI=1S/C22H25NO7/c1-4-5-10-27-17-8-6-15(11-19(17)26-3)22(25)30-14(2)21(24)23-16-7-9-18-20(12-16)29-13-28-18/h6-9,11-12,14H,4-5,10,13H2,1-3H3,(H,23,24). The second-order valence-corrected chi connectivity index (χ2v) is 6.67. The van der Waals surface area contributed by atoms with Crippen LogP contribution in [-0.2, 0) is 9.53 Å². The Morgan fingerprint density at radius 3 is 2.67 bits per heavy atom. The number of nitrogens with one attached hydrogen (secondary N) is 1. The Balaban J connectivity index is 1.59. The van der Waals surface area contributed by atoms with Crippen molar-refractivity contribution in [2.45, 2.75) is 32.8 Å². The molecule has 0 radical (unpaired) electrons. The number of carbonyl (C=O) groups is 2. The molecule has 1 atom stereocenters. The van der Waals surface area contributed by atoms with Crippen LogP contribution in [0.2, 0.25) is 0 Å². The molecule has 1 unspecified atom stereocenters. The molecule has 0 aromatic heterocycles. The Bertz CT molecular complexity index is 912. The van der Waals surface area contributed by atoms with Crippen molar-refractivity contribution in [1.82, 2.24) is 0 Å². The molecule has 1 aliphatic rings. The molecule has 1 amide bonds. The van der Waals surface area contributed by atoms with Crippen LogP contribution in [-0.4, -0.2) is 38.5 Å². The van der Waals surface area contributed by atoms with Crippen molar-refractivity contribution >= 4 is 17.6 Å². The smallest absolute Gasteiger partial charge is 0.339 e. The Hall–Kier alpha value is -3.42. The monoisotopic (exact) mass is 415 g/mol. The van der Waals surface area contributed by atoms with Gasteiger partial charge >= 0.3 is 5.97 Å². The second kappa shape index (κ2) is 9.87. The van der Waals surface area contributed by atoms with Gasteiger partial charge in [0, 0.05) is 11.8 Å². The van der Waals surface area contributed by atoms with Crippen LogP contribution in [0, 0.1) is 0 Å². The summed E-state index contributed by atoms with van der Waals surface area (Å²) >= 11 is 0. The van der Waals surface area contributed by atoms with E-state index >= 15 is 0 Å². The minimum Gasteiger partial charge on any atom is -0.493 e. The van der Waals surface area contributed by atoms with Gasteiger partial charge in [0.05, 0.1) is 19.3 Å². The Labute approximate surface area is 175 Å². The summed E-state index contributed by atoms with van der Waals surface area (Å²) in [5.41, 5.74) is 0.778. The fourth-order valence-electron chi connectivity index (χ4n) is 2.74. The zero-order valence-corrected chi connectivity index (χ0v) is 17.2. The highest BCUT2D eigenvalue weighted by atomic mass is 16.7. The number of methoxy groups -OCH3 is 1. The fourth-order valence-corrected chi connectivity index (χ4v) is 2.74. The van der Waals surface area contributed by atoms with Crippen LogP contribution in [0.1, 0.15) is 37.0 Å². The van der Waals surface area contributed by atoms with Crippen molar-refractivity contribution in [2.24, 2.45) is 0 Å². The molecule has 0 aliphatic carbocycles. The fraction of sp³-hybridized carbons (Fsp3) is 0.364. The molecule has 0 saturated carbocycles. The molecule has 1 aliphatic heterocycles. The molecule has 2 aromatic rings. The number of rotatable bonds is 9. The van der Waals surface area contributed by atoms with Gasteiger partial charge in [0.15, 0.2) is 29.1 Å². The van der Waals surface area contributed by atoms with Gasteiger partial charge in [-0.3, -0.25) is 4.79 Å². The van der Waals surface area contributed by atoms with Crippen molar-refractivity contribution in [3.63, 3.8) is 0 Å². The summed E-state index contributed by atoms with van der Waals surface area (Å²) in [6.07, 6.45) is 0.927. The highest BCUT2D eigenvalue weighted by Gasteiger charge is 2.21. The molecule has 1 heterocycles. The summed E-state index contributed by atoms with van der Waals surface area (Å²) in [7, 11) is 1.50. The van der Waals surface area contributed by atoms with E-state index in [1.54, 1.807) is 30.3 Å². The van der Waals surface area contributed by atoms with E-state index in [1.165, 1.54) is 20.1 Å². The van der Waals surface area contributed by atoms with E-state index in [2.05, 4.69) is 12.2 Å². The lowest BCUT2D eigenvalue weighted by Crippen LogP contribution is -2.30. The van der Waals surface area contributed by atoms with E-state index in [0.29, 0.717) is 35.3 Å². The van der Waals surface area contributed by atoms with Gasteiger partial charge in [-0.15, -0.1) is 0 Å². The SMILES string of the molecule is CCCCOc1ccc(C(=O)OC(C)C(=O)Nc2ccc3c(c2)OCO3)cc1OC. The number of unbranched alkanes of at least 4 members (excludes halogenated alkanes) is 1. The zero-order chi connectivity index (χ0) is 21.5. The van der Waals surface area contributed by atoms with Gasteiger partial charge in [0.1, 0.15) is 0 Å². The van der Waals surface area contributed by atoms with Crippen molar-refractivity contribution in [3.05, 3.63) is 42.0 Å². The van der Waals surface area contributed by atoms with E-state index in [9.17, 15) is 9.59 Å². The van der Waals surface area contributed by atoms with E-state index in [4.69, 9.17) is 23.7 Å². The average Bonchev–Trinajstić information content (AvgIpc) is 3.21. The number of amides is 1. The van der Waals surface area contributed by atoms with Gasteiger partial charge in [-0.1, -0.05) is 13.3 Å². The van der Waals surface area contributed by atoms with Crippen LogP contribution < -0.4 is 24.3 Å². The van der Waals surface area contributed by atoms with Gasteiger partial charge in [-0.25, -0.2) is 4.79 Å². The number of hydrogen-bond donors (Lipinski definition) is 1. The third kappa shape index (κ3) is 5.14. The second-order valence-electron chi connectivity index (χ2n) is 6.67. The molecule has 1 N–H and O–H groups in total. The van der Waals surface area contributed by atoms with Gasteiger partial charge in [-0.05, 0) is 43.7 Å². The predicted molar refractivity (Wildman–Crippen MR) is 109 cm³/mol. The Morgan fingerprint density at radius 1 is 1.10 bits per heavy atom. The summed E-state index contributed by atoms with van der Waals surface area (Å²) in [5.74, 6) is 1.04. The van der Waals surface area contributed by atoms with Crippen molar-refractivity contribution < 1.29 is 33.3 Å². The first-order chi connectivity index (χ1) is 14.5. The summed E-state index contributed by atoms with van der Waals surface area (Å²) in [4.78, 5) is 24.9. The van der Waals surface area contributed by atoms with E-state index in [0.717, 1.165) is 12.8 Å². The molecule has 30 heavy (non-hydrogen) atoms. The normalized spacial score (nSPS) is 12.8. The van der Waals surface area contributed by atoms with E-state index in [1.807, 2.05) is 0 Å². The van der Waals surface area contributed by atoms with E-state index in [-0.39, 0.29) is 12.4 Å². The molecule has 8 heteroatoms. The quantitative estimate of drug-likeness (QED) is 0.492. The van der Waals surface area contributed by atoms with Crippen LogP contribution in [0.5, 0.6) is 23.0 Å². The highest BCUT2D eigenvalue weighted by molar-refractivity contribution is 5.97. The van der Waals surface area contributed by atoms with Crippen LogP contribution in [0.3, 0.4) is 0 Å². The molecular weight excluding hydrogens is 390 g/mol. The Morgan fingerprint density at radius 2 is 1.90 bits per heavy atom. The minimum absolute atomic E-state index is 0.145. The van der Waals surface area contributed by atoms with Crippen LogP contribution in [0.25, 0.3) is 0 Å². The van der Waals surface area contributed by atoms with Crippen LogP contribution in [0.15, 0.2) is 36.4 Å². The molecule has 0 fully saturated rings. The van der Waals surface area contributed by atoms with Gasteiger partial charge in [0.2, 0.25) is 6.79 Å². The largest absolute Gasteiger partial charge is 0.493 e. The number of anilines is 1. The minimum atomic E-state index is -1.01. The third-order valence-corrected chi connectivity index (χ3v) is 4.45. The zero-order valence-electron chi connectivity index (χ0n) is 17.2. The molecule has 0 spiro atoms. The summed E-state index contributed by atoms with van der Waals surface area (Å²) in [6.45, 7) is 4.28. The number of carbonyl (C=O) groups excluding carboxylic acids is 2. The molecule has 8 nitrogen and oxygen atoms in total. The van der Waals surface area contributed by atoms with Gasteiger partial charge < -0.3 is 29.0 Å². The lowest BCUT2D eigenvalue weighted by Gasteiger charge is -2.15. The number of esters is 1. The molecule has 0 bridgehead atoms. The van der Waals surface area contributed by atoms with Gasteiger partial charge in [0.25, 0.3) is 5.91 Å².